The Kier molecular flexibility index (Phi) is 3.93. The lowest BCUT2D eigenvalue weighted by atomic mass is 9.81. The van der Waals surface area contributed by atoms with Crippen molar-refractivity contribution in [3.8, 4) is 0 Å². The molecular formula is C19H13BrClNO3. The van der Waals surface area contributed by atoms with E-state index in [2.05, 4.69) is 15.9 Å². The van der Waals surface area contributed by atoms with Crippen LogP contribution in [-0.4, -0.2) is 15.7 Å². The maximum Gasteiger partial charge on any atom is 0.200 e. The molecular weight excluding hydrogens is 406 g/mol. The molecule has 3 aromatic rings. The summed E-state index contributed by atoms with van der Waals surface area (Å²) in [6, 6.07) is 12.4. The number of hydrogen-bond acceptors (Lipinski definition) is 3. The van der Waals surface area contributed by atoms with Crippen molar-refractivity contribution in [1.29, 1.82) is 0 Å². The number of halogens is 2. The predicted molar refractivity (Wildman–Crippen MR) is 99.9 cm³/mol. The topological polar surface area (TPSA) is 59.3 Å². The van der Waals surface area contributed by atoms with Crippen LogP contribution in [0.4, 0.5) is 0 Å². The number of ketones is 1. The van der Waals surface area contributed by atoms with Crippen LogP contribution in [0.5, 0.6) is 0 Å². The van der Waals surface area contributed by atoms with Crippen molar-refractivity contribution in [2.24, 2.45) is 0 Å². The third-order valence-electron chi connectivity index (χ3n) is 4.69. The van der Waals surface area contributed by atoms with Crippen molar-refractivity contribution in [2.75, 3.05) is 0 Å². The number of benzene rings is 2. The molecule has 4 rings (SSSR count). The first kappa shape index (κ1) is 16.4. The van der Waals surface area contributed by atoms with Crippen LogP contribution in [0.2, 0.25) is 5.02 Å². The van der Waals surface area contributed by atoms with E-state index in [1.54, 1.807) is 30.3 Å². The Hall–Kier alpha value is -2.11. The Morgan fingerprint density at radius 1 is 1.08 bits per heavy atom. The normalized spacial score (nSPS) is 16.9. The summed E-state index contributed by atoms with van der Waals surface area (Å²) in [4.78, 5) is 25.5. The van der Waals surface area contributed by atoms with Crippen molar-refractivity contribution < 1.29 is 10.0 Å². The molecule has 0 saturated heterocycles. The minimum absolute atomic E-state index is 0.0945. The van der Waals surface area contributed by atoms with Gasteiger partial charge in [-0.15, -0.1) is 0 Å². The molecule has 0 bridgehead atoms. The smallest absolute Gasteiger partial charge is 0.200 e. The monoisotopic (exact) mass is 417 g/mol. The van der Waals surface area contributed by atoms with Gasteiger partial charge < -0.3 is 5.21 Å². The molecule has 1 aromatic heterocycles. The number of hydrogen-bond donors (Lipinski definition) is 1. The van der Waals surface area contributed by atoms with E-state index in [1.807, 2.05) is 12.1 Å². The van der Waals surface area contributed by atoms with Crippen LogP contribution in [0.25, 0.3) is 10.9 Å². The van der Waals surface area contributed by atoms with E-state index in [4.69, 9.17) is 11.6 Å². The SMILES string of the molecule is O=C1CC(c2ccc(Cl)cc2)Cc2c1c(=O)c1cc(Br)ccc1n2O. The van der Waals surface area contributed by atoms with E-state index in [1.165, 1.54) is 0 Å². The number of Topliss-reactive ketones (excluding diaryl/α,β-unsaturated/α-hetero) is 1. The molecule has 1 aliphatic carbocycles. The summed E-state index contributed by atoms with van der Waals surface area (Å²) in [6.45, 7) is 0. The molecule has 0 radical (unpaired) electrons. The number of rotatable bonds is 1. The first-order valence-corrected chi connectivity index (χ1v) is 8.98. The highest BCUT2D eigenvalue weighted by Gasteiger charge is 2.32. The molecule has 6 heteroatoms. The van der Waals surface area contributed by atoms with E-state index in [-0.39, 0.29) is 29.1 Å². The molecule has 1 unspecified atom stereocenters. The minimum atomic E-state index is -0.323. The summed E-state index contributed by atoms with van der Waals surface area (Å²) in [5, 5.41) is 11.6. The van der Waals surface area contributed by atoms with Crippen LogP contribution in [0.1, 0.15) is 34.0 Å². The lowest BCUT2D eigenvalue weighted by molar-refractivity contribution is 0.0949. The molecule has 0 aliphatic heterocycles. The third-order valence-corrected chi connectivity index (χ3v) is 5.44. The zero-order chi connectivity index (χ0) is 17.7. The number of fused-ring (bicyclic) bond motifs is 2. The molecule has 4 nitrogen and oxygen atoms in total. The Morgan fingerprint density at radius 2 is 1.80 bits per heavy atom. The van der Waals surface area contributed by atoms with Gasteiger partial charge in [0, 0.05) is 15.9 Å². The van der Waals surface area contributed by atoms with Gasteiger partial charge in [0.1, 0.15) is 0 Å². The Labute approximate surface area is 156 Å². The van der Waals surface area contributed by atoms with Crippen molar-refractivity contribution >= 4 is 44.2 Å². The number of aromatic nitrogens is 1. The maximum absolute atomic E-state index is 12.8. The number of carbonyl (C=O) groups is 1. The van der Waals surface area contributed by atoms with Crippen molar-refractivity contribution in [3.63, 3.8) is 0 Å². The lowest BCUT2D eigenvalue weighted by Crippen LogP contribution is -2.30. The molecule has 2 aromatic carbocycles. The Balaban J connectivity index is 1.90. The first-order valence-electron chi connectivity index (χ1n) is 7.81. The maximum atomic E-state index is 12.8. The van der Waals surface area contributed by atoms with Crippen LogP contribution < -0.4 is 5.43 Å². The van der Waals surface area contributed by atoms with E-state index >= 15 is 0 Å². The molecule has 25 heavy (non-hydrogen) atoms. The molecule has 1 N–H and O–H groups in total. The molecule has 1 atom stereocenters. The largest absolute Gasteiger partial charge is 0.428 e. The van der Waals surface area contributed by atoms with Gasteiger partial charge in [0.25, 0.3) is 0 Å². The lowest BCUT2D eigenvalue weighted by Gasteiger charge is -2.25. The molecule has 1 aliphatic rings. The van der Waals surface area contributed by atoms with Crippen LogP contribution >= 0.6 is 27.5 Å². The third kappa shape index (κ3) is 2.68. The zero-order valence-corrected chi connectivity index (χ0v) is 15.3. The summed E-state index contributed by atoms with van der Waals surface area (Å²) in [6.07, 6.45) is 0.657. The van der Waals surface area contributed by atoms with Crippen LogP contribution in [0.15, 0.2) is 51.7 Å². The highest BCUT2D eigenvalue weighted by atomic mass is 79.9. The summed E-state index contributed by atoms with van der Waals surface area (Å²) in [5.41, 5.74) is 1.51. The van der Waals surface area contributed by atoms with E-state index in [0.717, 1.165) is 14.8 Å². The molecule has 0 saturated carbocycles. The Bertz CT molecular complexity index is 1070. The number of nitrogens with zero attached hydrogens (tertiary/aromatic N) is 1. The quantitative estimate of drug-likeness (QED) is 0.589. The first-order chi connectivity index (χ1) is 12.0. The highest BCUT2D eigenvalue weighted by molar-refractivity contribution is 9.10. The number of pyridine rings is 1. The number of carbonyl (C=O) groups excluding carboxylic acids is 1. The Morgan fingerprint density at radius 3 is 2.52 bits per heavy atom. The van der Waals surface area contributed by atoms with Gasteiger partial charge in [0.15, 0.2) is 5.78 Å². The van der Waals surface area contributed by atoms with Gasteiger partial charge in [0.05, 0.1) is 22.2 Å². The average molecular weight is 419 g/mol. The second-order valence-electron chi connectivity index (χ2n) is 6.20. The van der Waals surface area contributed by atoms with Gasteiger partial charge in [-0.1, -0.05) is 39.7 Å². The summed E-state index contributed by atoms with van der Waals surface area (Å²) in [5.74, 6) is -0.334. The summed E-state index contributed by atoms with van der Waals surface area (Å²) < 4.78 is 1.71. The fourth-order valence-electron chi connectivity index (χ4n) is 3.47. The minimum Gasteiger partial charge on any atom is -0.428 e. The highest BCUT2D eigenvalue weighted by Crippen LogP contribution is 2.33. The molecule has 0 spiro atoms. The van der Waals surface area contributed by atoms with Gasteiger partial charge in [-0.2, -0.15) is 4.73 Å². The predicted octanol–water partition coefficient (Wildman–Crippen LogP) is 4.57. The molecule has 0 fully saturated rings. The van der Waals surface area contributed by atoms with Crippen molar-refractivity contribution in [3.05, 3.63) is 79.0 Å². The van der Waals surface area contributed by atoms with Gasteiger partial charge in [-0.25, -0.2) is 0 Å². The van der Waals surface area contributed by atoms with Crippen LogP contribution in [0.3, 0.4) is 0 Å². The van der Waals surface area contributed by atoms with Crippen LogP contribution in [-0.2, 0) is 6.42 Å². The van der Waals surface area contributed by atoms with Gasteiger partial charge in [-0.3, -0.25) is 9.59 Å². The standard InChI is InChI=1S/C19H13BrClNO3/c20-12-3-6-15-14(9-12)19(24)18-16(22(15)25)7-11(8-17(18)23)10-1-4-13(21)5-2-10/h1-6,9,11,25H,7-8H2. The fraction of sp³-hybridized carbons (Fsp3) is 0.158. The zero-order valence-electron chi connectivity index (χ0n) is 13.0. The van der Waals surface area contributed by atoms with Crippen molar-refractivity contribution in [2.45, 2.75) is 18.8 Å². The van der Waals surface area contributed by atoms with Crippen molar-refractivity contribution in [1.82, 2.24) is 4.73 Å². The van der Waals surface area contributed by atoms with Gasteiger partial charge in [0.2, 0.25) is 5.43 Å². The molecule has 0 amide bonds. The molecule has 1 heterocycles. The fourth-order valence-corrected chi connectivity index (χ4v) is 3.96. The van der Waals surface area contributed by atoms with Crippen LogP contribution in [0, 0.1) is 0 Å². The summed E-state index contributed by atoms with van der Waals surface area (Å²) in [7, 11) is 0. The second kappa shape index (κ2) is 6.00. The van der Waals surface area contributed by atoms with Gasteiger partial charge >= 0.3 is 0 Å². The summed E-state index contributed by atoms with van der Waals surface area (Å²) >= 11 is 9.25. The van der Waals surface area contributed by atoms with E-state index < -0.39 is 0 Å². The van der Waals surface area contributed by atoms with Gasteiger partial charge in [-0.05, 0) is 48.2 Å². The van der Waals surface area contributed by atoms with E-state index in [0.29, 0.717) is 28.0 Å². The average Bonchev–Trinajstić information content (AvgIpc) is 2.59. The van der Waals surface area contributed by atoms with E-state index in [9.17, 15) is 14.8 Å². The second-order valence-corrected chi connectivity index (χ2v) is 7.56. The molecule has 126 valence electrons.